The molecule has 1 aromatic rings. The van der Waals surface area contributed by atoms with Crippen LogP contribution in [-0.2, 0) is 9.47 Å². The fourth-order valence-electron chi connectivity index (χ4n) is 1.86. The standard InChI is InChI=1S/C14H19NO3/c1-11(2)9-17-10-13-8-15(14(16)18-13)12-6-4-3-5-7-12/h3-7,11,13H,8-10H2,1-2H3/t13-/m0/s1. The summed E-state index contributed by atoms with van der Waals surface area (Å²) in [5, 5.41) is 0. The predicted molar refractivity (Wildman–Crippen MR) is 69.7 cm³/mol. The molecular weight excluding hydrogens is 230 g/mol. The molecule has 1 aliphatic heterocycles. The van der Waals surface area contributed by atoms with Gasteiger partial charge in [0.2, 0.25) is 0 Å². The first kappa shape index (κ1) is 12.9. The number of carbonyl (C=O) groups excluding carboxylic acids is 1. The minimum Gasteiger partial charge on any atom is -0.441 e. The summed E-state index contributed by atoms with van der Waals surface area (Å²) in [4.78, 5) is 13.4. The number of rotatable bonds is 5. The smallest absolute Gasteiger partial charge is 0.414 e. The van der Waals surface area contributed by atoms with Crippen molar-refractivity contribution in [2.75, 3.05) is 24.7 Å². The molecule has 1 fully saturated rings. The summed E-state index contributed by atoms with van der Waals surface area (Å²) in [6.07, 6.45) is -0.462. The summed E-state index contributed by atoms with van der Waals surface area (Å²) in [5.41, 5.74) is 0.869. The number of hydrogen-bond donors (Lipinski definition) is 0. The molecule has 0 aromatic heterocycles. The third kappa shape index (κ3) is 3.23. The average Bonchev–Trinajstić information content (AvgIpc) is 2.71. The predicted octanol–water partition coefficient (Wildman–Crippen LogP) is 2.68. The van der Waals surface area contributed by atoms with Crippen LogP contribution in [0.2, 0.25) is 0 Å². The highest BCUT2D eigenvalue weighted by Crippen LogP contribution is 2.21. The van der Waals surface area contributed by atoms with Gasteiger partial charge in [-0.2, -0.15) is 0 Å². The van der Waals surface area contributed by atoms with Crippen LogP contribution in [0, 0.1) is 5.92 Å². The maximum Gasteiger partial charge on any atom is 0.414 e. The second-order valence-corrected chi connectivity index (χ2v) is 4.88. The van der Waals surface area contributed by atoms with Gasteiger partial charge in [-0.25, -0.2) is 4.79 Å². The first-order valence-electron chi connectivity index (χ1n) is 6.27. The summed E-state index contributed by atoms with van der Waals surface area (Å²) >= 11 is 0. The van der Waals surface area contributed by atoms with E-state index in [1.165, 1.54) is 0 Å². The molecule has 0 saturated carbocycles. The Labute approximate surface area is 107 Å². The molecule has 0 radical (unpaired) electrons. The normalized spacial score (nSPS) is 19.4. The number of ether oxygens (including phenoxy) is 2. The lowest BCUT2D eigenvalue weighted by Crippen LogP contribution is -2.26. The molecule has 4 heteroatoms. The fourth-order valence-corrected chi connectivity index (χ4v) is 1.86. The number of carbonyl (C=O) groups is 1. The van der Waals surface area contributed by atoms with Crippen molar-refractivity contribution >= 4 is 11.8 Å². The van der Waals surface area contributed by atoms with Crippen molar-refractivity contribution in [1.29, 1.82) is 0 Å². The van der Waals surface area contributed by atoms with Crippen LogP contribution in [-0.4, -0.2) is 32.0 Å². The molecule has 0 aliphatic carbocycles. The zero-order valence-electron chi connectivity index (χ0n) is 10.8. The summed E-state index contributed by atoms with van der Waals surface area (Å²) in [7, 11) is 0. The van der Waals surface area contributed by atoms with E-state index in [1.807, 2.05) is 30.3 Å². The van der Waals surface area contributed by atoms with Crippen molar-refractivity contribution < 1.29 is 14.3 Å². The van der Waals surface area contributed by atoms with Crippen molar-refractivity contribution in [2.24, 2.45) is 5.92 Å². The molecule has 0 N–H and O–H groups in total. The first-order valence-corrected chi connectivity index (χ1v) is 6.27. The number of anilines is 1. The van der Waals surface area contributed by atoms with Crippen LogP contribution in [0.25, 0.3) is 0 Å². The van der Waals surface area contributed by atoms with Gasteiger partial charge in [-0.15, -0.1) is 0 Å². The molecular formula is C14H19NO3. The lowest BCUT2D eigenvalue weighted by Gasteiger charge is -2.13. The van der Waals surface area contributed by atoms with Crippen molar-refractivity contribution in [3.05, 3.63) is 30.3 Å². The number of amides is 1. The molecule has 1 amide bonds. The topological polar surface area (TPSA) is 38.8 Å². The maximum absolute atomic E-state index is 11.7. The highest BCUT2D eigenvalue weighted by atomic mass is 16.6. The van der Waals surface area contributed by atoms with Gasteiger partial charge in [-0.05, 0) is 18.1 Å². The van der Waals surface area contributed by atoms with E-state index in [0.717, 1.165) is 5.69 Å². The van der Waals surface area contributed by atoms with E-state index in [2.05, 4.69) is 13.8 Å². The van der Waals surface area contributed by atoms with Gasteiger partial charge < -0.3 is 9.47 Å². The molecule has 98 valence electrons. The van der Waals surface area contributed by atoms with Crippen molar-refractivity contribution in [1.82, 2.24) is 0 Å². The molecule has 0 spiro atoms. The number of benzene rings is 1. The first-order chi connectivity index (χ1) is 8.66. The summed E-state index contributed by atoms with van der Waals surface area (Å²) < 4.78 is 10.8. The fraction of sp³-hybridized carbons (Fsp3) is 0.500. The second kappa shape index (κ2) is 5.87. The minimum atomic E-state index is -0.292. The number of cyclic esters (lactones) is 1. The summed E-state index contributed by atoms with van der Waals surface area (Å²) in [6, 6.07) is 9.54. The van der Waals surface area contributed by atoms with E-state index >= 15 is 0 Å². The monoisotopic (exact) mass is 249 g/mol. The Hall–Kier alpha value is -1.55. The van der Waals surface area contributed by atoms with E-state index in [-0.39, 0.29) is 12.2 Å². The Morgan fingerprint density at radius 2 is 2.11 bits per heavy atom. The average molecular weight is 249 g/mol. The molecule has 1 heterocycles. The Morgan fingerprint density at radius 1 is 1.39 bits per heavy atom. The third-order valence-corrected chi connectivity index (χ3v) is 2.70. The second-order valence-electron chi connectivity index (χ2n) is 4.88. The molecule has 18 heavy (non-hydrogen) atoms. The van der Waals surface area contributed by atoms with Crippen LogP contribution in [0.15, 0.2) is 30.3 Å². The van der Waals surface area contributed by atoms with Crippen LogP contribution in [0.4, 0.5) is 10.5 Å². The third-order valence-electron chi connectivity index (χ3n) is 2.70. The summed E-state index contributed by atoms with van der Waals surface area (Å²) in [5.74, 6) is 0.493. The van der Waals surface area contributed by atoms with Gasteiger partial charge in [0.05, 0.1) is 13.2 Å². The number of nitrogens with zero attached hydrogens (tertiary/aromatic N) is 1. The largest absolute Gasteiger partial charge is 0.441 e. The highest BCUT2D eigenvalue weighted by molar-refractivity contribution is 5.89. The molecule has 1 saturated heterocycles. The number of hydrogen-bond acceptors (Lipinski definition) is 3. The molecule has 2 rings (SSSR count). The SMILES string of the molecule is CC(C)COC[C@@H]1CN(c2ccccc2)C(=O)O1. The molecule has 0 bridgehead atoms. The Balaban J connectivity index is 1.87. The Morgan fingerprint density at radius 3 is 2.78 bits per heavy atom. The Kier molecular flexibility index (Phi) is 4.20. The number of para-hydroxylation sites is 1. The van der Waals surface area contributed by atoms with E-state index < -0.39 is 0 Å². The van der Waals surface area contributed by atoms with Crippen LogP contribution < -0.4 is 4.90 Å². The van der Waals surface area contributed by atoms with Crippen LogP contribution in [0.1, 0.15) is 13.8 Å². The van der Waals surface area contributed by atoms with Gasteiger partial charge in [-0.1, -0.05) is 32.0 Å². The van der Waals surface area contributed by atoms with Gasteiger partial charge in [0.15, 0.2) is 0 Å². The van der Waals surface area contributed by atoms with Crippen LogP contribution in [0.5, 0.6) is 0 Å². The van der Waals surface area contributed by atoms with Gasteiger partial charge in [0.1, 0.15) is 6.10 Å². The van der Waals surface area contributed by atoms with Gasteiger partial charge >= 0.3 is 6.09 Å². The van der Waals surface area contributed by atoms with Gasteiger partial charge in [0.25, 0.3) is 0 Å². The van der Waals surface area contributed by atoms with Crippen LogP contribution in [0.3, 0.4) is 0 Å². The molecule has 0 unspecified atom stereocenters. The lowest BCUT2D eigenvalue weighted by atomic mass is 10.2. The van der Waals surface area contributed by atoms with E-state index in [9.17, 15) is 4.79 Å². The highest BCUT2D eigenvalue weighted by Gasteiger charge is 2.32. The van der Waals surface area contributed by atoms with E-state index in [0.29, 0.717) is 25.7 Å². The molecule has 1 aliphatic rings. The molecule has 1 aromatic carbocycles. The zero-order chi connectivity index (χ0) is 13.0. The quantitative estimate of drug-likeness (QED) is 0.805. The van der Waals surface area contributed by atoms with Gasteiger partial charge in [0, 0.05) is 12.3 Å². The molecule has 4 nitrogen and oxygen atoms in total. The molecule has 1 atom stereocenters. The zero-order valence-corrected chi connectivity index (χ0v) is 10.8. The lowest BCUT2D eigenvalue weighted by molar-refractivity contribution is 0.0351. The maximum atomic E-state index is 11.7. The van der Waals surface area contributed by atoms with Crippen molar-refractivity contribution in [2.45, 2.75) is 20.0 Å². The van der Waals surface area contributed by atoms with Crippen LogP contribution >= 0.6 is 0 Å². The van der Waals surface area contributed by atoms with Gasteiger partial charge in [-0.3, -0.25) is 4.90 Å². The minimum absolute atomic E-state index is 0.170. The Bertz CT molecular complexity index is 391. The van der Waals surface area contributed by atoms with E-state index in [4.69, 9.17) is 9.47 Å². The van der Waals surface area contributed by atoms with Crippen molar-refractivity contribution in [3.8, 4) is 0 Å². The summed E-state index contributed by atoms with van der Waals surface area (Å²) in [6.45, 7) is 5.90. The van der Waals surface area contributed by atoms with E-state index in [1.54, 1.807) is 4.90 Å². The van der Waals surface area contributed by atoms with Crippen molar-refractivity contribution in [3.63, 3.8) is 0 Å².